The maximum Gasteiger partial charge on any atom is 0.221 e. The van der Waals surface area contributed by atoms with Crippen LogP contribution in [0.15, 0.2) is 0 Å². The summed E-state index contributed by atoms with van der Waals surface area (Å²) >= 11 is 0. The fraction of sp³-hybridized carbons (Fsp3) is 0.952. The smallest absolute Gasteiger partial charge is 0.221 e. The molecule has 1 atom stereocenters. The minimum Gasteiger partial charge on any atom is -0.341 e. The van der Waals surface area contributed by atoms with Crippen LogP contribution in [0.3, 0.4) is 0 Å². The van der Waals surface area contributed by atoms with E-state index in [0.717, 1.165) is 12.8 Å². The Morgan fingerprint density at radius 3 is 1.54 bits per heavy atom. The topological polar surface area (TPSA) is 32.3 Å². The molecule has 0 aliphatic rings. The Morgan fingerprint density at radius 1 is 0.750 bits per heavy atom. The molecule has 0 aliphatic heterocycles. The molecule has 0 radical (unpaired) electrons. The maximum absolute atomic E-state index is 11.9. The summed E-state index contributed by atoms with van der Waals surface area (Å²) in [7, 11) is 4.03. The predicted octanol–water partition coefficient (Wildman–Crippen LogP) is 5.88. The van der Waals surface area contributed by atoms with Gasteiger partial charge in [-0.3, -0.25) is 9.69 Å². The summed E-state index contributed by atoms with van der Waals surface area (Å²) in [6.07, 6.45) is 19.3. The van der Waals surface area contributed by atoms with Crippen LogP contribution < -0.4 is 5.32 Å². The molecule has 1 unspecified atom stereocenters. The van der Waals surface area contributed by atoms with Crippen molar-refractivity contribution in [2.24, 2.45) is 0 Å². The fourth-order valence-corrected chi connectivity index (χ4v) is 3.16. The van der Waals surface area contributed by atoms with Gasteiger partial charge in [0.05, 0.1) is 6.17 Å². The van der Waals surface area contributed by atoms with Crippen molar-refractivity contribution < 1.29 is 4.79 Å². The molecule has 0 rings (SSSR count). The van der Waals surface area contributed by atoms with Gasteiger partial charge in [-0.05, 0) is 26.9 Å². The lowest BCUT2D eigenvalue weighted by Gasteiger charge is -2.23. The summed E-state index contributed by atoms with van der Waals surface area (Å²) in [6.45, 7) is 4.38. The van der Waals surface area contributed by atoms with Gasteiger partial charge in [-0.2, -0.15) is 0 Å². The summed E-state index contributed by atoms with van der Waals surface area (Å²) in [4.78, 5) is 14.0. The second-order valence-electron chi connectivity index (χ2n) is 7.45. The second kappa shape index (κ2) is 17.3. The second-order valence-corrected chi connectivity index (χ2v) is 7.45. The van der Waals surface area contributed by atoms with E-state index in [-0.39, 0.29) is 12.1 Å². The lowest BCUT2D eigenvalue weighted by molar-refractivity contribution is -0.123. The fourth-order valence-electron chi connectivity index (χ4n) is 3.16. The van der Waals surface area contributed by atoms with Gasteiger partial charge in [-0.1, -0.05) is 90.9 Å². The van der Waals surface area contributed by atoms with Gasteiger partial charge < -0.3 is 5.32 Å². The summed E-state index contributed by atoms with van der Waals surface area (Å²) < 4.78 is 0. The number of carbonyl (C=O) groups excluding carboxylic acids is 1. The Morgan fingerprint density at radius 2 is 1.17 bits per heavy atom. The highest BCUT2D eigenvalue weighted by Gasteiger charge is 2.11. The first-order valence-electron chi connectivity index (χ1n) is 10.6. The van der Waals surface area contributed by atoms with E-state index in [0.29, 0.717) is 6.42 Å². The first-order valence-corrected chi connectivity index (χ1v) is 10.6. The minimum absolute atomic E-state index is 0.180. The van der Waals surface area contributed by atoms with Gasteiger partial charge in [0, 0.05) is 6.42 Å². The Hall–Kier alpha value is -0.570. The van der Waals surface area contributed by atoms with E-state index >= 15 is 0 Å². The van der Waals surface area contributed by atoms with Crippen molar-refractivity contribution in [2.75, 3.05) is 14.1 Å². The molecule has 0 bridgehead atoms. The molecule has 0 aromatic carbocycles. The quantitative estimate of drug-likeness (QED) is 0.265. The number of nitrogens with zero attached hydrogens (tertiary/aromatic N) is 1. The molecule has 0 fully saturated rings. The standard InChI is InChI=1S/C21H44N2O/c1-5-7-8-9-10-11-12-13-14-15-16-17-18-19-21(24)22-20(6-2)23(3)4/h20H,5-19H2,1-4H3,(H,22,24). The highest BCUT2D eigenvalue weighted by molar-refractivity contribution is 5.76. The van der Waals surface area contributed by atoms with Gasteiger partial charge in [0.2, 0.25) is 5.91 Å². The van der Waals surface area contributed by atoms with Crippen molar-refractivity contribution in [1.29, 1.82) is 0 Å². The van der Waals surface area contributed by atoms with E-state index < -0.39 is 0 Å². The molecule has 0 heterocycles. The van der Waals surface area contributed by atoms with Crippen molar-refractivity contribution in [3.8, 4) is 0 Å². The van der Waals surface area contributed by atoms with Crippen LogP contribution in [0.1, 0.15) is 110 Å². The molecule has 0 spiro atoms. The zero-order valence-corrected chi connectivity index (χ0v) is 17.0. The highest BCUT2D eigenvalue weighted by atomic mass is 16.1. The van der Waals surface area contributed by atoms with E-state index in [1.54, 1.807) is 0 Å². The lowest BCUT2D eigenvalue weighted by atomic mass is 10.0. The van der Waals surface area contributed by atoms with Gasteiger partial charge >= 0.3 is 0 Å². The number of rotatable bonds is 17. The largest absolute Gasteiger partial charge is 0.341 e. The molecule has 144 valence electrons. The number of hydrogen-bond donors (Lipinski definition) is 1. The van der Waals surface area contributed by atoms with E-state index in [1.807, 2.05) is 14.1 Å². The number of carbonyl (C=O) groups is 1. The maximum atomic E-state index is 11.9. The highest BCUT2D eigenvalue weighted by Crippen LogP contribution is 2.13. The zero-order chi connectivity index (χ0) is 18.0. The first kappa shape index (κ1) is 23.4. The molecule has 1 amide bonds. The van der Waals surface area contributed by atoms with Crippen LogP contribution in [0.5, 0.6) is 0 Å². The zero-order valence-electron chi connectivity index (χ0n) is 17.0. The van der Waals surface area contributed by atoms with Crippen LogP contribution in [0.25, 0.3) is 0 Å². The number of nitrogens with one attached hydrogen (secondary N) is 1. The molecule has 24 heavy (non-hydrogen) atoms. The number of unbranched alkanes of at least 4 members (excludes halogenated alkanes) is 12. The SMILES string of the molecule is CCCCCCCCCCCCCCCC(=O)NC(CC)N(C)C. The third-order valence-electron chi connectivity index (χ3n) is 4.85. The molecule has 3 heteroatoms. The van der Waals surface area contributed by atoms with Crippen molar-refractivity contribution in [2.45, 2.75) is 116 Å². The lowest BCUT2D eigenvalue weighted by Crippen LogP contribution is -2.44. The van der Waals surface area contributed by atoms with E-state index in [2.05, 4.69) is 24.1 Å². The molecule has 0 aliphatic carbocycles. The molecule has 1 N–H and O–H groups in total. The number of hydrogen-bond acceptors (Lipinski definition) is 2. The molecule has 0 aromatic rings. The Kier molecular flexibility index (Phi) is 16.8. The van der Waals surface area contributed by atoms with Crippen LogP contribution in [0.4, 0.5) is 0 Å². The summed E-state index contributed by atoms with van der Waals surface area (Å²) in [6, 6.07) is 0. The van der Waals surface area contributed by atoms with Gasteiger partial charge in [0.25, 0.3) is 0 Å². The van der Waals surface area contributed by atoms with Crippen LogP contribution in [-0.2, 0) is 4.79 Å². The third-order valence-corrected chi connectivity index (χ3v) is 4.85. The van der Waals surface area contributed by atoms with Gasteiger partial charge in [0.1, 0.15) is 0 Å². The first-order chi connectivity index (χ1) is 11.6. The average Bonchev–Trinajstić information content (AvgIpc) is 2.56. The molecular formula is C21H44N2O. The number of amides is 1. The predicted molar refractivity (Wildman–Crippen MR) is 106 cm³/mol. The summed E-state index contributed by atoms with van der Waals surface area (Å²) in [5.74, 6) is 0.207. The van der Waals surface area contributed by atoms with Crippen molar-refractivity contribution >= 4 is 5.91 Å². The van der Waals surface area contributed by atoms with Crippen molar-refractivity contribution in [3.63, 3.8) is 0 Å². The van der Waals surface area contributed by atoms with Crippen LogP contribution >= 0.6 is 0 Å². The van der Waals surface area contributed by atoms with Crippen molar-refractivity contribution in [1.82, 2.24) is 10.2 Å². The van der Waals surface area contributed by atoms with Gasteiger partial charge in [0.15, 0.2) is 0 Å². The van der Waals surface area contributed by atoms with Crippen LogP contribution in [0, 0.1) is 0 Å². The van der Waals surface area contributed by atoms with E-state index in [4.69, 9.17) is 0 Å². The Balaban J connectivity index is 3.29. The molecule has 3 nitrogen and oxygen atoms in total. The van der Waals surface area contributed by atoms with Crippen LogP contribution in [-0.4, -0.2) is 31.1 Å². The van der Waals surface area contributed by atoms with Gasteiger partial charge in [-0.25, -0.2) is 0 Å². The molecule has 0 saturated heterocycles. The van der Waals surface area contributed by atoms with Gasteiger partial charge in [-0.15, -0.1) is 0 Å². The minimum atomic E-state index is 0.180. The molecular weight excluding hydrogens is 296 g/mol. The van der Waals surface area contributed by atoms with E-state index in [1.165, 1.54) is 77.0 Å². The normalized spacial score (nSPS) is 12.5. The van der Waals surface area contributed by atoms with Crippen molar-refractivity contribution in [3.05, 3.63) is 0 Å². The van der Waals surface area contributed by atoms with E-state index in [9.17, 15) is 4.79 Å². The molecule has 0 saturated carbocycles. The summed E-state index contributed by atoms with van der Waals surface area (Å²) in [5, 5.41) is 3.10. The van der Waals surface area contributed by atoms with Crippen LogP contribution in [0.2, 0.25) is 0 Å². The monoisotopic (exact) mass is 340 g/mol. The molecule has 0 aromatic heterocycles. The Labute approximate surface area is 152 Å². The Bertz CT molecular complexity index is 279. The summed E-state index contributed by atoms with van der Waals surface area (Å²) in [5.41, 5.74) is 0. The average molecular weight is 341 g/mol. The third kappa shape index (κ3) is 15.0.